The van der Waals surface area contributed by atoms with E-state index >= 15 is 0 Å². The molecule has 0 aliphatic rings. The van der Waals surface area contributed by atoms with Gasteiger partial charge in [-0.25, -0.2) is 4.57 Å². The van der Waals surface area contributed by atoms with Crippen molar-refractivity contribution >= 4 is 24.9 Å². The molecule has 11 heteroatoms. The highest BCUT2D eigenvalue weighted by Crippen LogP contribution is 2.51. The maximum atomic E-state index is 13.0. The Morgan fingerprint density at radius 1 is 1.11 bits per heavy atom. The molecule has 1 amide bonds. The van der Waals surface area contributed by atoms with E-state index in [2.05, 4.69) is 5.18 Å². The molecule has 0 aliphatic heterocycles. The van der Waals surface area contributed by atoms with Crippen LogP contribution in [0.15, 0.2) is 53.7 Å². The molecule has 0 heterocycles. The number of anilines is 1. The van der Waals surface area contributed by atoms with Crippen LogP contribution in [0.3, 0.4) is 0 Å². The minimum Gasteiger partial charge on any atom is -0.424 e. The van der Waals surface area contributed by atoms with Crippen molar-refractivity contribution < 1.29 is 31.6 Å². The van der Waals surface area contributed by atoms with E-state index in [0.717, 1.165) is 0 Å². The fraction of sp³-hybridized carbons (Fsp3) is 0.235. The standard InChI is InChI=1S/C17H16F3N2O5P/c1-2-26-28(25,27-15-9-7-14(22-24)8-10-15)11-12-3-5-13(6-4-12)21-16(23)17(18,19)20/h3-10H,2,11H2,1H3,(H,21,23). The van der Waals surface area contributed by atoms with E-state index in [9.17, 15) is 27.4 Å². The first-order chi connectivity index (χ1) is 13.1. The van der Waals surface area contributed by atoms with E-state index in [1.165, 1.54) is 48.5 Å². The van der Waals surface area contributed by atoms with Gasteiger partial charge in [0, 0.05) is 5.69 Å². The van der Waals surface area contributed by atoms with Crippen molar-refractivity contribution in [2.45, 2.75) is 19.3 Å². The van der Waals surface area contributed by atoms with Gasteiger partial charge in [0.2, 0.25) is 0 Å². The summed E-state index contributed by atoms with van der Waals surface area (Å²) in [4.78, 5) is 21.4. The molecule has 150 valence electrons. The van der Waals surface area contributed by atoms with E-state index in [1.54, 1.807) is 12.2 Å². The Hall–Kier alpha value is -2.71. The van der Waals surface area contributed by atoms with Gasteiger partial charge in [-0.15, -0.1) is 4.91 Å². The molecule has 0 saturated heterocycles. The molecule has 7 nitrogen and oxygen atoms in total. The lowest BCUT2D eigenvalue weighted by Gasteiger charge is -2.19. The average Bonchev–Trinajstić information content (AvgIpc) is 2.63. The lowest BCUT2D eigenvalue weighted by Crippen LogP contribution is -2.29. The number of benzene rings is 2. The molecule has 2 aromatic carbocycles. The number of carbonyl (C=O) groups is 1. The Balaban J connectivity index is 2.11. The van der Waals surface area contributed by atoms with Gasteiger partial charge in [-0.3, -0.25) is 9.32 Å². The van der Waals surface area contributed by atoms with E-state index in [1.807, 2.05) is 0 Å². The highest BCUT2D eigenvalue weighted by molar-refractivity contribution is 7.53. The highest BCUT2D eigenvalue weighted by Gasteiger charge is 2.38. The van der Waals surface area contributed by atoms with Crippen molar-refractivity contribution in [1.82, 2.24) is 0 Å². The Bertz CT molecular complexity index is 870. The summed E-state index contributed by atoms with van der Waals surface area (Å²) >= 11 is 0. The number of amides is 1. The minimum absolute atomic E-state index is 0.0600. The van der Waals surface area contributed by atoms with Gasteiger partial charge in [0.05, 0.1) is 12.8 Å². The number of alkyl halides is 3. The van der Waals surface area contributed by atoms with Crippen molar-refractivity contribution in [3.63, 3.8) is 0 Å². The first kappa shape index (κ1) is 21.6. The molecule has 0 radical (unpaired) electrons. The highest BCUT2D eigenvalue weighted by atomic mass is 31.2. The van der Waals surface area contributed by atoms with Crippen LogP contribution in [0.2, 0.25) is 0 Å². The fourth-order valence-corrected chi connectivity index (χ4v) is 3.85. The molecule has 2 rings (SSSR count). The average molecular weight is 416 g/mol. The van der Waals surface area contributed by atoms with Crippen LogP contribution in [-0.4, -0.2) is 18.7 Å². The van der Waals surface area contributed by atoms with Crippen LogP contribution >= 0.6 is 7.60 Å². The zero-order chi connectivity index (χ0) is 20.8. The normalized spacial score (nSPS) is 13.4. The molecule has 0 bridgehead atoms. The van der Waals surface area contributed by atoms with Crippen molar-refractivity contribution in [2.75, 3.05) is 11.9 Å². The summed E-state index contributed by atoms with van der Waals surface area (Å²) in [5.41, 5.74) is 0.582. The second-order valence-electron chi connectivity index (χ2n) is 5.51. The molecule has 0 spiro atoms. The fourth-order valence-electron chi connectivity index (χ4n) is 2.15. The van der Waals surface area contributed by atoms with Gasteiger partial charge < -0.3 is 9.84 Å². The van der Waals surface area contributed by atoms with E-state index in [4.69, 9.17) is 9.05 Å². The maximum Gasteiger partial charge on any atom is 0.471 e. The SMILES string of the molecule is CCOP(=O)(Cc1ccc(NC(=O)C(F)(F)F)cc1)Oc1ccc(N=O)cc1. The second kappa shape index (κ2) is 8.99. The number of nitroso groups, excluding NO2 is 1. The number of halogens is 3. The second-order valence-corrected chi connectivity index (χ2v) is 7.49. The summed E-state index contributed by atoms with van der Waals surface area (Å²) in [7, 11) is -3.63. The van der Waals surface area contributed by atoms with Crippen molar-refractivity contribution in [3.05, 3.63) is 59.0 Å². The molecular formula is C17H16F3N2O5P. The number of nitrogens with one attached hydrogen (secondary N) is 1. The largest absolute Gasteiger partial charge is 0.471 e. The zero-order valence-corrected chi connectivity index (χ0v) is 15.5. The maximum absolute atomic E-state index is 13.0. The molecule has 28 heavy (non-hydrogen) atoms. The van der Waals surface area contributed by atoms with Gasteiger partial charge in [0.25, 0.3) is 0 Å². The van der Waals surface area contributed by atoms with Crippen LogP contribution < -0.4 is 9.84 Å². The lowest BCUT2D eigenvalue weighted by atomic mass is 10.2. The lowest BCUT2D eigenvalue weighted by molar-refractivity contribution is -0.167. The molecule has 1 N–H and O–H groups in total. The summed E-state index contributed by atoms with van der Waals surface area (Å²) < 4.78 is 60.5. The van der Waals surface area contributed by atoms with Gasteiger partial charge in [0.1, 0.15) is 11.4 Å². The number of rotatable bonds is 8. The molecule has 2 aromatic rings. The molecule has 0 fully saturated rings. The van der Waals surface area contributed by atoms with Crippen LogP contribution in [0.5, 0.6) is 5.75 Å². The Labute approximate surface area is 158 Å². The molecule has 0 aliphatic carbocycles. The van der Waals surface area contributed by atoms with Gasteiger partial charge in [-0.2, -0.15) is 13.2 Å². The third-order valence-electron chi connectivity index (χ3n) is 3.36. The smallest absolute Gasteiger partial charge is 0.424 e. The molecule has 1 unspecified atom stereocenters. The third-order valence-corrected chi connectivity index (χ3v) is 5.25. The summed E-state index contributed by atoms with van der Waals surface area (Å²) in [6.07, 6.45) is -5.14. The van der Waals surface area contributed by atoms with E-state index < -0.39 is 19.7 Å². The van der Waals surface area contributed by atoms with Crippen LogP contribution in [0, 0.1) is 4.91 Å². The first-order valence-electron chi connectivity index (χ1n) is 7.99. The third kappa shape index (κ3) is 6.17. The summed E-state index contributed by atoms with van der Waals surface area (Å²) in [6, 6.07) is 10.9. The molecule has 0 saturated carbocycles. The van der Waals surface area contributed by atoms with Gasteiger partial charge in [0.15, 0.2) is 0 Å². The van der Waals surface area contributed by atoms with Crippen LogP contribution in [0.25, 0.3) is 0 Å². The summed E-state index contributed by atoms with van der Waals surface area (Å²) in [5.74, 6) is -1.88. The van der Waals surface area contributed by atoms with Crippen LogP contribution in [-0.2, 0) is 20.0 Å². The molecule has 1 atom stereocenters. The van der Waals surface area contributed by atoms with Crippen molar-refractivity contribution in [2.24, 2.45) is 5.18 Å². The minimum atomic E-state index is -4.99. The molecular weight excluding hydrogens is 400 g/mol. The van der Waals surface area contributed by atoms with Crippen LogP contribution in [0.1, 0.15) is 12.5 Å². The number of hydrogen-bond acceptors (Lipinski definition) is 6. The number of hydrogen-bond donors (Lipinski definition) is 1. The monoisotopic (exact) mass is 416 g/mol. The van der Waals surface area contributed by atoms with Gasteiger partial charge >= 0.3 is 19.7 Å². The summed E-state index contributed by atoms with van der Waals surface area (Å²) in [6.45, 7) is 1.73. The van der Waals surface area contributed by atoms with Gasteiger partial charge in [-0.05, 0) is 54.1 Å². The van der Waals surface area contributed by atoms with Crippen LogP contribution in [0.4, 0.5) is 24.5 Å². The predicted molar refractivity (Wildman–Crippen MR) is 96.6 cm³/mol. The Morgan fingerprint density at radius 2 is 1.71 bits per heavy atom. The van der Waals surface area contributed by atoms with Crippen molar-refractivity contribution in [1.29, 1.82) is 0 Å². The van der Waals surface area contributed by atoms with E-state index in [0.29, 0.717) is 5.56 Å². The first-order valence-corrected chi connectivity index (χ1v) is 9.72. The topological polar surface area (TPSA) is 94.1 Å². The Morgan fingerprint density at radius 3 is 2.21 bits per heavy atom. The molecule has 0 aromatic heterocycles. The zero-order valence-electron chi connectivity index (χ0n) is 14.6. The van der Waals surface area contributed by atoms with Gasteiger partial charge in [-0.1, -0.05) is 12.1 Å². The number of nitrogens with zero attached hydrogens (tertiary/aromatic N) is 1. The summed E-state index contributed by atoms with van der Waals surface area (Å²) in [5, 5.41) is 4.47. The predicted octanol–water partition coefficient (Wildman–Crippen LogP) is 5.39. The van der Waals surface area contributed by atoms with Crippen molar-refractivity contribution in [3.8, 4) is 5.75 Å². The quantitative estimate of drug-likeness (QED) is 0.460. The van der Waals surface area contributed by atoms with E-state index in [-0.39, 0.29) is 29.9 Å². The number of carbonyl (C=O) groups excluding carboxylic acids is 1. The Kier molecular flexibility index (Phi) is 6.93.